The van der Waals surface area contributed by atoms with E-state index >= 15 is 0 Å². The topological polar surface area (TPSA) is 37.3 Å². The summed E-state index contributed by atoms with van der Waals surface area (Å²) >= 11 is 0. The van der Waals surface area contributed by atoms with Gasteiger partial charge in [0.2, 0.25) is 0 Å². The summed E-state index contributed by atoms with van der Waals surface area (Å²) in [7, 11) is 0. The van der Waals surface area contributed by atoms with Gasteiger partial charge in [0, 0.05) is 0 Å². The predicted octanol–water partition coefficient (Wildman–Crippen LogP) is 5.62. The maximum Gasteiger partial charge on any atom is 0.148 e. The Labute approximate surface area is 139 Å². The highest BCUT2D eigenvalue weighted by atomic mass is 16.3. The summed E-state index contributed by atoms with van der Waals surface area (Å²) in [5, 5.41) is 9.43. The third-order valence-electron chi connectivity index (χ3n) is 4.95. The highest BCUT2D eigenvalue weighted by molar-refractivity contribution is 5.55. The lowest BCUT2D eigenvalue weighted by molar-refractivity contribution is -0.117. The number of hydrogen-bond donors (Lipinski definition) is 1. The molecule has 0 aromatic rings. The molecule has 1 N–H and O–H groups in total. The van der Waals surface area contributed by atoms with Crippen LogP contribution in [-0.4, -0.2) is 17.5 Å². The largest absolute Gasteiger partial charge is 0.385 e. The molecule has 2 heteroatoms. The molecule has 0 aromatic carbocycles. The highest BCUT2D eigenvalue weighted by Crippen LogP contribution is 2.22. The summed E-state index contributed by atoms with van der Waals surface area (Å²) in [5.74, 6) is 2.58. The second kappa shape index (κ2) is 13.1. The highest BCUT2D eigenvalue weighted by Gasteiger charge is 2.13. The van der Waals surface area contributed by atoms with Crippen LogP contribution in [0.1, 0.15) is 92.4 Å². The van der Waals surface area contributed by atoms with Crippen molar-refractivity contribution in [1.82, 2.24) is 0 Å². The summed E-state index contributed by atoms with van der Waals surface area (Å²) in [5.41, 5.74) is 0. The molecule has 0 rings (SSSR count). The molecule has 0 heterocycles. The molecule has 0 bridgehead atoms. The Balaban J connectivity index is 3.56. The molecule has 0 aliphatic carbocycles. The summed E-state index contributed by atoms with van der Waals surface area (Å²) in [6.45, 7) is 11.3. The molecule has 0 radical (unpaired) electrons. The molecule has 0 aromatic heterocycles. The van der Waals surface area contributed by atoms with Gasteiger partial charge in [0.05, 0.1) is 0 Å². The zero-order valence-corrected chi connectivity index (χ0v) is 15.7. The fourth-order valence-electron chi connectivity index (χ4n) is 3.07. The number of aliphatic hydroxyl groups excluding tert-OH is 1. The molecule has 22 heavy (non-hydrogen) atoms. The van der Waals surface area contributed by atoms with Gasteiger partial charge in [-0.1, -0.05) is 86.0 Å². The van der Waals surface area contributed by atoms with Crippen LogP contribution < -0.4 is 0 Å². The number of aliphatic hydroxyl groups is 1. The Morgan fingerprint density at radius 1 is 0.727 bits per heavy atom. The average molecular weight is 313 g/mol. The molecule has 0 spiro atoms. The molecule has 132 valence electrons. The van der Waals surface area contributed by atoms with E-state index in [9.17, 15) is 9.90 Å². The van der Waals surface area contributed by atoms with Crippen molar-refractivity contribution < 1.29 is 9.90 Å². The van der Waals surface area contributed by atoms with Crippen molar-refractivity contribution >= 4 is 6.29 Å². The van der Waals surface area contributed by atoms with Crippen LogP contribution in [0, 0.1) is 23.7 Å². The Hall–Kier alpha value is -0.370. The first-order valence-corrected chi connectivity index (χ1v) is 9.50. The van der Waals surface area contributed by atoms with E-state index in [0.717, 1.165) is 30.6 Å². The minimum absolute atomic E-state index is 0.102. The number of hydrogen-bond acceptors (Lipinski definition) is 2. The molecule has 0 aliphatic heterocycles. The van der Waals surface area contributed by atoms with Gasteiger partial charge in [-0.25, -0.2) is 0 Å². The lowest BCUT2D eigenvalue weighted by atomic mass is 9.90. The number of aldehydes is 1. The van der Waals surface area contributed by atoms with E-state index in [0.29, 0.717) is 6.29 Å². The molecule has 0 amide bonds. The van der Waals surface area contributed by atoms with E-state index in [-0.39, 0.29) is 5.92 Å². The summed E-state index contributed by atoms with van der Waals surface area (Å²) in [4.78, 5) is 10.5. The quantitative estimate of drug-likeness (QED) is 0.423. The zero-order chi connectivity index (χ0) is 17.0. The van der Waals surface area contributed by atoms with E-state index in [1.807, 2.05) is 6.92 Å². The SMILES string of the molecule is CC(C)CCCC(C)CCCC(C)CCCC(C)C(O)C=O. The van der Waals surface area contributed by atoms with Gasteiger partial charge >= 0.3 is 0 Å². The second-order valence-corrected chi connectivity index (χ2v) is 8.00. The molecule has 4 atom stereocenters. The minimum atomic E-state index is -0.776. The monoisotopic (exact) mass is 312 g/mol. The molecule has 2 nitrogen and oxygen atoms in total. The van der Waals surface area contributed by atoms with Crippen LogP contribution in [0.4, 0.5) is 0 Å². The first kappa shape index (κ1) is 21.6. The van der Waals surface area contributed by atoms with Crippen LogP contribution in [0.2, 0.25) is 0 Å². The number of rotatable bonds is 14. The number of carbonyl (C=O) groups is 1. The van der Waals surface area contributed by atoms with Gasteiger partial charge in [0.25, 0.3) is 0 Å². The van der Waals surface area contributed by atoms with E-state index < -0.39 is 6.10 Å². The zero-order valence-electron chi connectivity index (χ0n) is 15.7. The second-order valence-electron chi connectivity index (χ2n) is 8.00. The maximum absolute atomic E-state index is 10.5. The van der Waals surface area contributed by atoms with Crippen LogP contribution in [0.3, 0.4) is 0 Å². The fraction of sp³-hybridized carbons (Fsp3) is 0.950. The normalized spacial score (nSPS) is 17.2. The Morgan fingerprint density at radius 2 is 1.14 bits per heavy atom. The smallest absolute Gasteiger partial charge is 0.148 e. The van der Waals surface area contributed by atoms with E-state index in [1.54, 1.807) is 0 Å². The van der Waals surface area contributed by atoms with E-state index in [2.05, 4.69) is 27.7 Å². The van der Waals surface area contributed by atoms with Crippen molar-refractivity contribution in [3.05, 3.63) is 0 Å². The van der Waals surface area contributed by atoms with Gasteiger partial charge < -0.3 is 9.90 Å². The Kier molecular flexibility index (Phi) is 12.9. The van der Waals surface area contributed by atoms with Crippen LogP contribution >= 0.6 is 0 Å². The Bertz CT molecular complexity index is 262. The predicted molar refractivity (Wildman–Crippen MR) is 96.0 cm³/mol. The summed E-state index contributed by atoms with van der Waals surface area (Å²) < 4.78 is 0. The maximum atomic E-state index is 10.5. The van der Waals surface area contributed by atoms with Gasteiger partial charge in [-0.2, -0.15) is 0 Å². The Morgan fingerprint density at radius 3 is 1.55 bits per heavy atom. The molecule has 4 unspecified atom stereocenters. The first-order chi connectivity index (χ1) is 10.4. The van der Waals surface area contributed by atoms with Crippen molar-refractivity contribution in [3.63, 3.8) is 0 Å². The van der Waals surface area contributed by atoms with Crippen molar-refractivity contribution in [3.8, 4) is 0 Å². The lowest BCUT2D eigenvalue weighted by Crippen LogP contribution is -2.18. The van der Waals surface area contributed by atoms with E-state index in [1.165, 1.54) is 44.9 Å². The molecule has 0 saturated heterocycles. The van der Waals surface area contributed by atoms with Crippen molar-refractivity contribution in [2.24, 2.45) is 23.7 Å². The average Bonchev–Trinajstić information content (AvgIpc) is 2.45. The third-order valence-corrected chi connectivity index (χ3v) is 4.95. The van der Waals surface area contributed by atoms with Gasteiger partial charge in [-0.3, -0.25) is 0 Å². The van der Waals surface area contributed by atoms with Gasteiger partial charge in [0.1, 0.15) is 12.4 Å². The molecule has 0 fully saturated rings. The molecule has 0 saturated carbocycles. The summed E-state index contributed by atoms with van der Waals surface area (Å²) in [6, 6.07) is 0. The summed E-state index contributed by atoms with van der Waals surface area (Å²) in [6.07, 6.45) is 11.3. The van der Waals surface area contributed by atoms with Gasteiger partial charge in [-0.05, 0) is 30.1 Å². The standard InChI is InChI=1S/C20H40O2/c1-16(2)9-6-10-17(3)11-7-12-18(4)13-8-14-19(5)20(22)15-21/h15-20,22H,6-14H2,1-5H3. The van der Waals surface area contributed by atoms with Crippen LogP contribution in [0.5, 0.6) is 0 Å². The van der Waals surface area contributed by atoms with Crippen molar-refractivity contribution in [1.29, 1.82) is 0 Å². The van der Waals surface area contributed by atoms with Crippen molar-refractivity contribution in [2.45, 2.75) is 98.5 Å². The van der Waals surface area contributed by atoms with E-state index in [4.69, 9.17) is 0 Å². The minimum Gasteiger partial charge on any atom is -0.385 e. The van der Waals surface area contributed by atoms with Crippen LogP contribution in [0.25, 0.3) is 0 Å². The van der Waals surface area contributed by atoms with Crippen molar-refractivity contribution in [2.75, 3.05) is 0 Å². The molecular formula is C20H40O2. The van der Waals surface area contributed by atoms with Gasteiger partial charge in [0.15, 0.2) is 0 Å². The molecular weight excluding hydrogens is 272 g/mol. The van der Waals surface area contributed by atoms with Crippen LogP contribution in [0.15, 0.2) is 0 Å². The molecule has 0 aliphatic rings. The fourth-order valence-corrected chi connectivity index (χ4v) is 3.07. The van der Waals surface area contributed by atoms with Crippen LogP contribution in [-0.2, 0) is 4.79 Å². The third kappa shape index (κ3) is 12.2. The number of carbonyl (C=O) groups excluding carboxylic acids is 1. The lowest BCUT2D eigenvalue weighted by Gasteiger charge is -2.17. The first-order valence-electron chi connectivity index (χ1n) is 9.50. The van der Waals surface area contributed by atoms with Gasteiger partial charge in [-0.15, -0.1) is 0 Å².